The molecule has 0 spiro atoms. The fourth-order valence-electron chi connectivity index (χ4n) is 8.84. The minimum absolute atomic E-state index is 0.656. The van der Waals surface area contributed by atoms with Gasteiger partial charge in [0.25, 0.3) is 0 Å². The molecule has 0 fully saturated rings. The zero-order chi connectivity index (χ0) is 36.7. The monoisotopic (exact) mass is 729 g/mol. The van der Waals surface area contributed by atoms with E-state index >= 15 is 0 Å². The van der Waals surface area contributed by atoms with Crippen LogP contribution in [0.1, 0.15) is 0 Å². The Morgan fingerprint density at radius 2 is 1.02 bits per heavy atom. The maximum absolute atomic E-state index is 5.47. The highest BCUT2D eigenvalue weighted by atomic mass is 32.1. The van der Waals surface area contributed by atoms with E-state index in [1.807, 2.05) is 11.3 Å². The van der Waals surface area contributed by atoms with E-state index in [-0.39, 0.29) is 0 Å². The van der Waals surface area contributed by atoms with Crippen LogP contribution in [0.3, 0.4) is 0 Å². The van der Waals surface area contributed by atoms with Crippen molar-refractivity contribution in [2.75, 3.05) is 0 Å². The minimum Gasteiger partial charge on any atom is -0.277 e. The Morgan fingerprint density at radius 3 is 1.89 bits per heavy atom. The summed E-state index contributed by atoms with van der Waals surface area (Å²) in [5.74, 6) is 0.656. The molecular formula is C52H31N3S. The third-order valence-electron chi connectivity index (χ3n) is 11.4. The lowest BCUT2D eigenvalue weighted by Gasteiger charge is -2.14. The molecule has 0 N–H and O–H groups in total. The smallest absolute Gasteiger partial charge is 0.235 e. The molecule has 12 aromatic rings. The molecule has 3 heterocycles. The second-order valence-corrected chi connectivity index (χ2v) is 15.6. The first-order chi connectivity index (χ1) is 27.8. The number of thiophene rings is 1. The summed E-state index contributed by atoms with van der Waals surface area (Å²) < 4.78 is 4.89. The number of para-hydroxylation sites is 3. The largest absolute Gasteiger partial charge is 0.277 e. The highest BCUT2D eigenvalue weighted by Gasteiger charge is 2.21. The standard InChI is InChI=1S/C52H31N3S/c1-3-14-37-32(11-1)13-9-18-38(37)34-23-25-35(26-24-34)50-43-17-5-7-21-45(43)53-52(54-50)55-46-22-8-6-16-41(46)42-20-10-19-40(51(42)55)36-28-29-47-44(31-36)49-39-15-4-2-12-33(39)27-30-48(49)56-47/h1-31H. The van der Waals surface area contributed by atoms with Crippen LogP contribution in [-0.4, -0.2) is 14.5 Å². The number of hydrogen-bond donors (Lipinski definition) is 0. The van der Waals surface area contributed by atoms with Gasteiger partial charge in [0.1, 0.15) is 0 Å². The first-order valence-electron chi connectivity index (χ1n) is 19.0. The molecule has 3 aromatic heterocycles. The van der Waals surface area contributed by atoms with Crippen molar-refractivity contribution in [1.29, 1.82) is 0 Å². The van der Waals surface area contributed by atoms with Gasteiger partial charge in [-0.3, -0.25) is 4.57 Å². The molecule has 12 rings (SSSR count). The van der Waals surface area contributed by atoms with Crippen LogP contribution < -0.4 is 0 Å². The molecule has 56 heavy (non-hydrogen) atoms. The van der Waals surface area contributed by atoms with Gasteiger partial charge in [0.2, 0.25) is 5.95 Å². The minimum atomic E-state index is 0.656. The van der Waals surface area contributed by atoms with Crippen LogP contribution in [0, 0.1) is 0 Å². The average molecular weight is 730 g/mol. The van der Waals surface area contributed by atoms with E-state index in [1.165, 1.54) is 69.2 Å². The maximum atomic E-state index is 5.47. The number of nitrogens with zero attached hydrogens (tertiary/aromatic N) is 3. The van der Waals surface area contributed by atoms with Crippen molar-refractivity contribution in [3.05, 3.63) is 188 Å². The first-order valence-corrected chi connectivity index (χ1v) is 19.8. The molecular weight excluding hydrogens is 699 g/mol. The third kappa shape index (κ3) is 4.70. The van der Waals surface area contributed by atoms with E-state index in [4.69, 9.17) is 9.97 Å². The molecule has 0 atom stereocenters. The van der Waals surface area contributed by atoms with E-state index < -0.39 is 0 Å². The molecule has 4 heteroatoms. The fraction of sp³-hybridized carbons (Fsp3) is 0. The quantitative estimate of drug-likeness (QED) is 0.181. The lowest BCUT2D eigenvalue weighted by Crippen LogP contribution is -2.04. The van der Waals surface area contributed by atoms with Gasteiger partial charge in [-0.2, -0.15) is 0 Å². The summed E-state index contributed by atoms with van der Waals surface area (Å²) in [7, 11) is 0. The molecule has 3 nitrogen and oxygen atoms in total. The van der Waals surface area contributed by atoms with Gasteiger partial charge in [-0.05, 0) is 68.6 Å². The second-order valence-electron chi connectivity index (χ2n) is 14.5. The third-order valence-corrected chi connectivity index (χ3v) is 12.6. The Kier molecular flexibility index (Phi) is 6.80. The van der Waals surface area contributed by atoms with Gasteiger partial charge in [-0.25, -0.2) is 9.97 Å². The number of hydrogen-bond acceptors (Lipinski definition) is 3. The Labute approximate surface area is 326 Å². The van der Waals surface area contributed by atoms with Crippen molar-refractivity contribution in [2.45, 2.75) is 0 Å². The summed E-state index contributed by atoms with van der Waals surface area (Å²) in [5.41, 5.74) is 9.78. The summed E-state index contributed by atoms with van der Waals surface area (Å²) in [6.07, 6.45) is 0. The van der Waals surface area contributed by atoms with Crippen LogP contribution in [0.15, 0.2) is 188 Å². The SMILES string of the molecule is c1ccc2c(-c3ccc(-c4nc(-n5c6ccccc6c6cccc(-c7ccc8sc9ccc%10ccccc%10c9c8c7)c65)nc5ccccc45)cc3)cccc2c1. The van der Waals surface area contributed by atoms with Crippen molar-refractivity contribution < 1.29 is 0 Å². The van der Waals surface area contributed by atoms with Crippen molar-refractivity contribution in [3.8, 4) is 39.5 Å². The Bertz CT molecular complexity index is 3530. The normalized spacial score (nSPS) is 11.9. The number of aromatic nitrogens is 3. The van der Waals surface area contributed by atoms with Crippen LogP contribution in [0.4, 0.5) is 0 Å². The van der Waals surface area contributed by atoms with Crippen molar-refractivity contribution in [1.82, 2.24) is 14.5 Å². The summed E-state index contributed by atoms with van der Waals surface area (Å²) >= 11 is 1.86. The lowest BCUT2D eigenvalue weighted by atomic mass is 9.96. The van der Waals surface area contributed by atoms with Crippen LogP contribution in [0.5, 0.6) is 0 Å². The molecule has 0 aliphatic heterocycles. The Morgan fingerprint density at radius 1 is 0.393 bits per heavy atom. The van der Waals surface area contributed by atoms with Crippen molar-refractivity contribution in [2.24, 2.45) is 0 Å². The maximum Gasteiger partial charge on any atom is 0.235 e. The molecule has 0 saturated heterocycles. The zero-order valence-corrected chi connectivity index (χ0v) is 31.0. The summed E-state index contributed by atoms with van der Waals surface area (Å²) in [6, 6.07) is 67.8. The van der Waals surface area contributed by atoms with Gasteiger partial charge in [0, 0.05) is 47.5 Å². The van der Waals surface area contributed by atoms with Crippen LogP contribution in [0.2, 0.25) is 0 Å². The van der Waals surface area contributed by atoms with Crippen molar-refractivity contribution >= 4 is 85.8 Å². The predicted molar refractivity (Wildman–Crippen MR) is 238 cm³/mol. The topological polar surface area (TPSA) is 30.7 Å². The number of benzene rings is 9. The van der Waals surface area contributed by atoms with E-state index in [9.17, 15) is 0 Å². The summed E-state index contributed by atoms with van der Waals surface area (Å²) in [5, 5.41) is 11.0. The van der Waals surface area contributed by atoms with Crippen LogP contribution in [0.25, 0.3) is 114 Å². The van der Waals surface area contributed by atoms with Gasteiger partial charge in [-0.1, -0.05) is 158 Å². The highest BCUT2D eigenvalue weighted by Crippen LogP contribution is 2.43. The summed E-state index contributed by atoms with van der Waals surface area (Å²) in [4.78, 5) is 10.8. The average Bonchev–Trinajstić information content (AvgIpc) is 3.82. The lowest BCUT2D eigenvalue weighted by molar-refractivity contribution is 1.01. The predicted octanol–water partition coefficient (Wildman–Crippen LogP) is 14.4. The molecule has 9 aromatic carbocycles. The fourth-order valence-corrected chi connectivity index (χ4v) is 9.95. The van der Waals surface area contributed by atoms with Crippen LogP contribution >= 0.6 is 11.3 Å². The van der Waals surface area contributed by atoms with Gasteiger partial charge < -0.3 is 0 Å². The second kappa shape index (κ2) is 12.2. The molecule has 0 unspecified atom stereocenters. The van der Waals surface area contributed by atoms with Crippen molar-refractivity contribution in [3.63, 3.8) is 0 Å². The molecule has 0 radical (unpaired) electrons. The molecule has 0 aliphatic rings. The van der Waals surface area contributed by atoms with Gasteiger partial charge in [0.15, 0.2) is 0 Å². The molecule has 0 amide bonds. The Hall–Kier alpha value is -7.14. The molecule has 0 bridgehead atoms. The molecule has 0 aliphatic carbocycles. The molecule has 0 saturated carbocycles. The summed E-state index contributed by atoms with van der Waals surface area (Å²) in [6.45, 7) is 0. The first kappa shape index (κ1) is 31.2. The number of rotatable bonds is 4. The van der Waals surface area contributed by atoms with E-state index in [2.05, 4.69) is 193 Å². The zero-order valence-electron chi connectivity index (χ0n) is 30.1. The van der Waals surface area contributed by atoms with E-state index in [1.54, 1.807) is 0 Å². The van der Waals surface area contributed by atoms with Gasteiger partial charge in [0.05, 0.1) is 22.2 Å². The molecule has 260 valence electrons. The van der Waals surface area contributed by atoms with Gasteiger partial charge in [-0.15, -0.1) is 11.3 Å². The van der Waals surface area contributed by atoms with E-state index in [0.29, 0.717) is 5.95 Å². The Balaban J connectivity index is 1.08. The van der Waals surface area contributed by atoms with Gasteiger partial charge >= 0.3 is 0 Å². The number of fused-ring (bicyclic) bond motifs is 10. The highest BCUT2D eigenvalue weighted by molar-refractivity contribution is 7.26. The van der Waals surface area contributed by atoms with E-state index in [0.717, 1.165) is 38.8 Å². The van der Waals surface area contributed by atoms with Crippen LogP contribution in [-0.2, 0) is 0 Å².